The van der Waals surface area contributed by atoms with Crippen LogP contribution in [0.4, 0.5) is 27.8 Å². The fourth-order valence-electron chi connectivity index (χ4n) is 7.05. The molecular weight excluding hydrogens is 499 g/mol. The number of amides is 1. The van der Waals surface area contributed by atoms with Gasteiger partial charge in [-0.1, -0.05) is 0 Å². The third-order valence-electron chi connectivity index (χ3n) is 8.80. The van der Waals surface area contributed by atoms with Crippen LogP contribution >= 0.6 is 0 Å². The molecule has 4 heterocycles. The number of halogens is 5. The Labute approximate surface area is 212 Å². The summed E-state index contributed by atoms with van der Waals surface area (Å²) >= 11 is 0. The number of hydrogen-bond acceptors (Lipinski definition) is 6. The van der Waals surface area contributed by atoms with Crippen molar-refractivity contribution in [2.75, 3.05) is 38.3 Å². The van der Waals surface area contributed by atoms with E-state index in [1.165, 1.54) is 6.20 Å². The molecule has 1 aromatic rings. The van der Waals surface area contributed by atoms with Crippen LogP contribution < -0.4 is 4.90 Å². The third-order valence-corrected chi connectivity index (χ3v) is 8.80. The van der Waals surface area contributed by atoms with Crippen LogP contribution in [0, 0.1) is 17.3 Å². The average Bonchev–Trinajstić information content (AvgIpc) is 3.58. The molecule has 1 amide bonds. The van der Waals surface area contributed by atoms with Crippen LogP contribution in [0.15, 0.2) is 12.4 Å². The summed E-state index contributed by atoms with van der Waals surface area (Å²) in [6.07, 6.45) is -1.83. The van der Waals surface area contributed by atoms with Crippen molar-refractivity contribution < 1.29 is 36.2 Å². The number of rotatable bonds is 7. The fourth-order valence-corrected chi connectivity index (χ4v) is 7.05. The largest absolute Gasteiger partial charge is 0.434 e. The number of hydrogen-bond donors (Lipinski definition) is 0. The first-order chi connectivity index (χ1) is 17.6. The molecule has 3 saturated heterocycles. The van der Waals surface area contributed by atoms with Crippen molar-refractivity contribution in [3.63, 3.8) is 0 Å². The second kappa shape index (κ2) is 10.2. The highest BCUT2D eigenvalue weighted by Gasteiger charge is 2.54. The molecule has 1 saturated carbocycles. The maximum Gasteiger partial charge on any atom is 0.434 e. The molecule has 2 bridgehead atoms. The van der Waals surface area contributed by atoms with Gasteiger partial charge in [0, 0.05) is 33.2 Å². The van der Waals surface area contributed by atoms with Gasteiger partial charge < -0.3 is 19.3 Å². The van der Waals surface area contributed by atoms with Crippen LogP contribution in [0.3, 0.4) is 0 Å². The number of carbonyl (C=O) groups is 1. The van der Waals surface area contributed by atoms with Gasteiger partial charge in [0.2, 0.25) is 12.3 Å². The second-order valence-electron chi connectivity index (χ2n) is 11.0. The van der Waals surface area contributed by atoms with E-state index in [0.29, 0.717) is 51.8 Å². The summed E-state index contributed by atoms with van der Waals surface area (Å²) in [7, 11) is 1.66. The molecule has 12 heteroatoms. The van der Waals surface area contributed by atoms with Gasteiger partial charge in [0.25, 0.3) is 0 Å². The van der Waals surface area contributed by atoms with Crippen LogP contribution in [0.5, 0.6) is 0 Å². The lowest BCUT2D eigenvalue weighted by Gasteiger charge is -2.40. The molecule has 1 aliphatic carbocycles. The highest BCUT2D eigenvalue weighted by Crippen LogP contribution is 2.51. The topological polar surface area (TPSA) is 67.8 Å². The summed E-state index contributed by atoms with van der Waals surface area (Å²) in [5, 5.41) is 0. The molecule has 6 atom stereocenters. The van der Waals surface area contributed by atoms with Crippen LogP contribution in [0.1, 0.15) is 50.6 Å². The summed E-state index contributed by atoms with van der Waals surface area (Å²) in [5.74, 6) is 0.348. The molecule has 37 heavy (non-hydrogen) atoms. The van der Waals surface area contributed by atoms with E-state index in [9.17, 15) is 26.7 Å². The Balaban J connectivity index is 1.27. The normalized spacial score (nSPS) is 34.1. The van der Waals surface area contributed by atoms with E-state index in [1.54, 1.807) is 16.9 Å². The lowest BCUT2D eigenvalue weighted by Crippen LogP contribution is -2.53. The smallest absolute Gasteiger partial charge is 0.379 e. The van der Waals surface area contributed by atoms with Crippen LogP contribution in [-0.4, -0.2) is 78.8 Å². The lowest BCUT2D eigenvalue weighted by atomic mass is 9.78. The van der Waals surface area contributed by atoms with E-state index in [4.69, 9.17) is 9.47 Å². The van der Waals surface area contributed by atoms with Crippen molar-refractivity contribution in [1.29, 1.82) is 0 Å². The minimum atomic E-state index is -4.60. The first kappa shape index (κ1) is 26.5. The minimum absolute atomic E-state index is 0.0196. The molecule has 0 aromatic carbocycles. The number of aromatic nitrogens is 2. The van der Waals surface area contributed by atoms with Gasteiger partial charge in [0.05, 0.1) is 42.6 Å². The first-order valence-corrected chi connectivity index (χ1v) is 13.0. The molecule has 206 valence electrons. The molecule has 4 fully saturated rings. The standard InChI is InChI=1S/C25H33F5N4O3/c1-36-19-14-37-5-3-16(19)6-15-2-4-24(8-15,9-21(26)27)23(35)34-13-17-7-18(34)12-33(17)22-11-31-10-20(32-22)25(28,29)30/h10-11,15-19,21H,2-9,12-14H2,1H3/t15-,16+,17-,18-,19+,24-/m0/s1. The van der Waals surface area contributed by atoms with Crippen LogP contribution in [0.2, 0.25) is 0 Å². The summed E-state index contributed by atoms with van der Waals surface area (Å²) in [6.45, 7) is 1.79. The lowest BCUT2D eigenvalue weighted by molar-refractivity contribution is -0.146. The van der Waals surface area contributed by atoms with Crippen LogP contribution in [-0.2, 0) is 20.4 Å². The maximum absolute atomic E-state index is 13.8. The summed E-state index contributed by atoms with van der Waals surface area (Å²) in [5.41, 5.74) is -2.16. The fraction of sp³-hybridized carbons (Fsp3) is 0.800. The van der Waals surface area contributed by atoms with Gasteiger partial charge in [-0.2, -0.15) is 13.2 Å². The monoisotopic (exact) mass is 532 g/mol. The van der Waals surface area contributed by atoms with Crippen LogP contribution in [0.25, 0.3) is 0 Å². The summed E-state index contributed by atoms with van der Waals surface area (Å²) in [4.78, 5) is 24.7. The molecule has 4 aliphatic rings. The zero-order valence-electron chi connectivity index (χ0n) is 20.8. The molecule has 7 nitrogen and oxygen atoms in total. The van der Waals surface area contributed by atoms with E-state index < -0.39 is 30.1 Å². The molecule has 0 unspecified atom stereocenters. The third kappa shape index (κ3) is 5.28. The number of nitrogens with zero attached hydrogens (tertiary/aromatic N) is 4. The Hall–Kier alpha value is -2.08. The number of piperazine rings is 1. The highest BCUT2D eigenvalue weighted by atomic mass is 19.4. The van der Waals surface area contributed by atoms with Gasteiger partial charge in [0.1, 0.15) is 5.82 Å². The molecule has 5 rings (SSSR count). The van der Waals surface area contributed by atoms with E-state index in [-0.39, 0.29) is 41.7 Å². The van der Waals surface area contributed by atoms with Gasteiger partial charge in [-0.3, -0.25) is 9.78 Å². The number of carbonyl (C=O) groups excluding carboxylic acids is 1. The Bertz CT molecular complexity index is 982. The Kier molecular flexibility index (Phi) is 7.34. The Morgan fingerprint density at radius 3 is 2.73 bits per heavy atom. The predicted octanol–water partition coefficient (Wildman–Crippen LogP) is 4.17. The SMILES string of the molecule is CO[C@@H]1COCC[C@@H]1C[C@@H]1CC[C@](CC(F)F)(C(=O)N2C[C@@H]3C[C@H]2CN3c2cncc(C(F)(F)F)n2)C1. The highest BCUT2D eigenvalue weighted by molar-refractivity contribution is 5.84. The van der Waals surface area contributed by atoms with Gasteiger partial charge in [0.15, 0.2) is 5.69 Å². The number of methoxy groups -OCH3 is 1. The van der Waals surface area contributed by atoms with Crippen molar-refractivity contribution >= 4 is 11.7 Å². The van der Waals surface area contributed by atoms with Crippen molar-refractivity contribution in [3.8, 4) is 0 Å². The van der Waals surface area contributed by atoms with E-state index in [2.05, 4.69) is 9.97 Å². The maximum atomic E-state index is 13.8. The Morgan fingerprint density at radius 2 is 2.05 bits per heavy atom. The number of fused-ring (bicyclic) bond motifs is 2. The minimum Gasteiger partial charge on any atom is -0.379 e. The van der Waals surface area contributed by atoms with Crippen molar-refractivity contribution in [1.82, 2.24) is 14.9 Å². The van der Waals surface area contributed by atoms with Crippen molar-refractivity contribution in [2.24, 2.45) is 17.3 Å². The molecule has 0 spiro atoms. The number of alkyl halides is 5. The number of anilines is 1. The molecule has 0 radical (unpaired) electrons. The van der Waals surface area contributed by atoms with Gasteiger partial charge >= 0.3 is 6.18 Å². The molecule has 1 aromatic heterocycles. The van der Waals surface area contributed by atoms with E-state index in [0.717, 1.165) is 19.3 Å². The van der Waals surface area contributed by atoms with E-state index >= 15 is 0 Å². The second-order valence-corrected chi connectivity index (χ2v) is 11.0. The molecule has 3 aliphatic heterocycles. The zero-order chi connectivity index (χ0) is 26.4. The zero-order valence-corrected chi connectivity index (χ0v) is 20.8. The summed E-state index contributed by atoms with van der Waals surface area (Å²) < 4.78 is 77.9. The number of likely N-dealkylation sites (tertiary alicyclic amines) is 1. The Morgan fingerprint density at radius 1 is 1.24 bits per heavy atom. The average molecular weight is 533 g/mol. The van der Waals surface area contributed by atoms with Gasteiger partial charge in [-0.05, 0) is 50.4 Å². The van der Waals surface area contributed by atoms with E-state index in [1.807, 2.05) is 0 Å². The number of ether oxygens (including phenoxy) is 2. The van der Waals surface area contributed by atoms with Crippen molar-refractivity contribution in [3.05, 3.63) is 18.1 Å². The summed E-state index contributed by atoms with van der Waals surface area (Å²) in [6, 6.07) is -0.451. The molecule has 0 N–H and O–H groups in total. The quantitative estimate of drug-likeness (QED) is 0.492. The molecular formula is C25H33F5N4O3. The van der Waals surface area contributed by atoms with Gasteiger partial charge in [-0.25, -0.2) is 13.8 Å². The first-order valence-electron chi connectivity index (χ1n) is 13.0. The van der Waals surface area contributed by atoms with Gasteiger partial charge in [-0.15, -0.1) is 0 Å². The predicted molar refractivity (Wildman–Crippen MR) is 123 cm³/mol. The van der Waals surface area contributed by atoms with Crippen molar-refractivity contribution in [2.45, 2.75) is 75.7 Å².